The molecule has 0 unspecified atom stereocenters. The van der Waals surface area contributed by atoms with Crippen molar-refractivity contribution in [3.8, 4) is 16.3 Å². The molecule has 160 valence electrons. The molecule has 0 radical (unpaired) electrons. The fraction of sp³-hybridized carbons (Fsp3) is 0.0800. The van der Waals surface area contributed by atoms with Crippen LogP contribution in [0, 0.1) is 12.7 Å². The number of nitrogens with one attached hydrogen (secondary N) is 1. The maximum absolute atomic E-state index is 13.0. The number of nitrogens with zero attached hydrogens (tertiary/aromatic N) is 2. The lowest BCUT2D eigenvalue weighted by Crippen LogP contribution is -2.17. The number of rotatable bonds is 7. The average Bonchev–Trinajstić information content (AvgIpc) is 3.22. The van der Waals surface area contributed by atoms with E-state index in [4.69, 9.17) is 4.74 Å². The number of benzene rings is 3. The first-order valence-electron chi connectivity index (χ1n) is 9.92. The van der Waals surface area contributed by atoms with Crippen LogP contribution in [0.1, 0.15) is 26.5 Å². The van der Waals surface area contributed by atoms with Crippen molar-refractivity contribution >= 4 is 23.5 Å². The molecular weight excluding hydrogens is 425 g/mol. The number of carbonyl (C=O) groups is 1. The third kappa shape index (κ3) is 5.44. The molecule has 0 atom stereocenters. The van der Waals surface area contributed by atoms with Crippen LogP contribution in [0.25, 0.3) is 10.6 Å². The molecule has 1 amide bonds. The van der Waals surface area contributed by atoms with Crippen molar-refractivity contribution in [2.75, 3.05) is 0 Å². The van der Waals surface area contributed by atoms with Gasteiger partial charge in [0.15, 0.2) is 0 Å². The molecular formula is C25H20FN3O2S. The van der Waals surface area contributed by atoms with E-state index in [1.807, 2.05) is 61.5 Å². The second kappa shape index (κ2) is 9.98. The number of aryl methyl sites for hydroxylation is 1. The minimum Gasteiger partial charge on any atom is -0.489 e. The van der Waals surface area contributed by atoms with Crippen LogP contribution in [0.15, 0.2) is 84.0 Å². The van der Waals surface area contributed by atoms with Gasteiger partial charge in [0.1, 0.15) is 28.1 Å². The van der Waals surface area contributed by atoms with Gasteiger partial charge < -0.3 is 4.74 Å². The van der Waals surface area contributed by atoms with E-state index in [-0.39, 0.29) is 11.7 Å². The zero-order chi connectivity index (χ0) is 22.3. The molecule has 0 spiro atoms. The molecule has 4 rings (SSSR count). The molecule has 7 heteroatoms. The average molecular weight is 446 g/mol. The van der Waals surface area contributed by atoms with Gasteiger partial charge in [0, 0.05) is 5.56 Å². The Morgan fingerprint density at radius 3 is 2.50 bits per heavy atom. The zero-order valence-electron chi connectivity index (χ0n) is 17.3. The van der Waals surface area contributed by atoms with E-state index in [0.717, 1.165) is 21.7 Å². The van der Waals surface area contributed by atoms with Crippen molar-refractivity contribution < 1.29 is 13.9 Å². The lowest BCUT2D eigenvalue weighted by Gasteiger charge is -2.06. The molecule has 0 aliphatic heterocycles. The van der Waals surface area contributed by atoms with Crippen LogP contribution in [0.2, 0.25) is 0 Å². The fourth-order valence-electron chi connectivity index (χ4n) is 2.92. The standard InChI is InChI=1S/C25H20FN3O2S/c1-17-23(32-25(28-17)20-5-3-2-4-6-20)24(30)29-27-15-18-9-13-22(14-10-18)31-16-19-7-11-21(26)12-8-19/h2-15H,16H2,1H3,(H,29,30)/b27-15+. The number of aromatic nitrogens is 1. The monoisotopic (exact) mass is 445 g/mol. The van der Waals surface area contributed by atoms with Crippen LogP contribution in [0.5, 0.6) is 5.75 Å². The molecule has 5 nitrogen and oxygen atoms in total. The van der Waals surface area contributed by atoms with Gasteiger partial charge in [-0.25, -0.2) is 14.8 Å². The Morgan fingerprint density at radius 2 is 1.78 bits per heavy atom. The predicted octanol–water partition coefficient (Wildman–Crippen LogP) is 5.60. The summed E-state index contributed by atoms with van der Waals surface area (Å²) in [5, 5.41) is 4.85. The van der Waals surface area contributed by atoms with E-state index in [2.05, 4.69) is 15.5 Å². The second-order valence-electron chi connectivity index (χ2n) is 6.98. The Bertz CT molecular complexity index is 1220. The Hall–Kier alpha value is -3.84. The van der Waals surface area contributed by atoms with Crippen LogP contribution >= 0.6 is 11.3 Å². The topological polar surface area (TPSA) is 63.6 Å². The van der Waals surface area contributed by atoms with E-state index in [0.29, 0.717) is 22.9 Å². The fourth-order valence-corrected chi connectivity index (χ4v) is 3.89. The minimum atomic E-state index is -0.294. The molecule has 32 heavy (non-hydrogen) atoms. The molecule has 1 N–H and O–H groups in total. The number of amides is 1. The Balaban J connectivity index is 1.32. The molecule has 0 saturated carbocycles. The molecule has 0 bridgehead atoms. The summed E-state index contributed by atoms with van der Waals surface area (Å²) in [6.45, 7) is 2.16. The summed E-state index contributed by atoms with van der Waals surface area (Å²) in [5.74, 6) is 0.119. The number of hydrogen-bond donors (Lipinski definition) is 1. The van der Waals surface area contributed by atoms with E-state index >= 15 is 0 Å². The summed E-state index contributed by atoms with van der Waals surface area (Å²) in [5.41, 5.74) is 5.90. The highest BCUT2D eigenvalue weighted by molar-refractivity contribution is 7.17. The Labute approximate surface area is 189 Å². The lowest BCUT2D eigenvalue weighted by molar-refractivity contribution is 0.0958. The molecule has 0 aliphatic rings. The Morgan fingerprint density at radius 1 is 1.06 bits per heavy atom. The van der Waals surface area contributed by atoms with Crippen LogP contribution in [-0.2, 0) is 6.61 Å². The molecule has 1 aromatic heterocycles. The van der Waals surface area contributed by atoms with E-state index in [1.54, 1.807) is 18.3 Å². The van der Waals surface area contributed by atoms with Gasteiger partial charge in [0.05, 0.1) is 11.9 Å². The van der Waals surface area contributed by atoms with Crippen molar-refractivity contribution in [2.24, 2.45) is 5.10 Å². The summed E-state index contributed by atoms with van der Waals surface area (Å²) < 4.78 is 18.6. The number of ether oxygens (including phenoxy) is 1. The first-order chi connectivity index (χ1) is 15.6. The molecule has 1 heterocycles. The van der Waals surface area contributed by atoms with Crippen LogP contribution < -0.4 is 10.2 Å². The van der Waals surface area contributed by atoms with Crippen molar-refractivity contribution in [3.63, 3.8) is 0 Å². The van der Waals surface area contributed by atoms with Gasteiger partial charge in [-0.1, -0.05) is 42.5 Å². The summed E-state index contributed by atoms with van der Waals surface area (Å²) in [7, 11) is 0. The van der Waals surface area contributed by atoms with Crippen LogP contribution in [0.3, 0.4) is 0 Å². The first-order valence-corrected chi connectivity index (χ1v) is 10.7. The normalized spacial score (nSPS) is 10.9. The summed E-state index contributed by atoms with van der Waals surface area (Å²) >= 11 is 1.34. The third-order valence-electron chi connectivity index (χ3n) is 4.60. The first kappa shape index (κ1) is 21.4. The number of hydrogen-bond acceptors (Lipinski definition) is 5. The predicted molar refractivity (Wildman–Crippen MR) is 125 cm³/mol. The highest BCUT2D eigenvalue weighted by Crippen LogP contribution is 2.27. The highest BCUT2D eigenvalue weighted by Gasteiger charge is 2.15. The van der Waals surface area contributed by atoms with Gasteiger partial charge in [-0.3, -0.25) is 4.79 Å². The van der Waals surface area contributed by atoms with Crippen LogP contribution in [0.4, 0.5) is 4.39 Å². The number of hydrazone groups is 1. The lowest BCUT2D eigenvalue weighted by atomic mass is 10.2. The SMILES string of the molecule is Cc1nc(-c2ccccc2)sc1C(=O)N/N=C/c1ccc(OCc2ccc(F)cc2)cc1. The quantitative estimate of drug-likeness (QED) is 0.297. The number of thiazole rings is 1. The van der Waals surface area contributed by atoms with Gasteiger partial charge >= 0.3 is 0 Å². The molecule has 0 saturated heterocycles. The number of halogens is 1. The van der Waals surface area contributed by atoms with Gasteiger partial charge in [0.25, 0.3) is 5.91 Å². The molecule has 4 aromatic rings. The summed E-state index contributed by atoms with van der Waals surface area (Å²) in [6, 6.07) is 23.2. The summed E-state index contributed by atoms with van der Waals surface area (Å²) in [6.07, 6.45) is 1.57. The Kier molecular flexibility index (Phi) is 6.67. The van der Waals surface area contributed by atoms with Crippen molar-refractivity contribution in [2.45, 2.75) is 13.5 Å². The van der Waals surface area contributed by atoms with Crippen molar-refractivity contribution in [3.05, 3.63) is 106 Å². The largest absolute Gasteiger partial charge is 0.489 e. The molecule has 3 aromatic carbocycles. The summed E-state index contributed by atoms with van der Waals surface area (Å²) in [4.78, 5) is 17.5. The van der Waals surface area contributed by atoms with E-state index < -0.39 is 0 Å². The van der Waals surface area contributed by atoms with Gasteiger partial charge in [0.2, 0.25) is 0 Å². The number of carbonyl (C=O) groups excluding carboxylic acids is 1. The minimum absolute atomic E-state index is 0.272. The molecule has 0 fully saturated rings. The highest BCUT2D eigenvalue weighted by atomic mass is 32.1. The van der Waals surface area contributed by atoms with E-state index in [1.165, 1.54) is 23.5 Å². The maximum atomic E-state index is 13.0. The zero-order valence-corrected chi connectivity index (χ0v) is 18.1. The van der Waals surface area contributed by atoms with Crippen molar-refractivity contribution in [1.29, 1.82) is 0 Å². The molecule has 0 aliphatic carbocycles. The maximum Gasteiger partial charge on any atom is 0.283 e. The van der Waals surface area contributed by atoms with Gasteiger partial charge in [-0.05, 0) is 54.4 Å². The smallest absolute Gasteiger partial charge is 0.283 e. The van der Waals surface area contributed by atoms with Gasteiger partial charge in [-0.2, -0.15) is 5.10 Å². The van der Waals surface area contributed by atoms with Gasteiger partial charge in [-0.15, -0.1) is 11.3 Å². The second-order valence-corrected chi connectivity index (χ2v) is 7.98. The van der Waals surface area contributed by atoms with Crippen LogP contribution in [-0.4, -0.2) is 17.1 Å². The third-order valence-corrected chi connectivity index (χ3v) is 5.81. The van der Waals surface area contributed by atoms with Crippen molar-refractivity contribution in [1.82, 2.24) is 10.4 Å². The van der Waals surface area contributed by atoms with E-state index in [9.17, 15) is 9.18 Å².